The van der Waals surface area contributed by atoms with E-state index in [1.807, 2.05) is 0 Å². The van der Waals surface area contributed by atoms with Crippen LogP contribution in [0.3, 0.4) is 0 Å². The molecule has 0 saturated heterocycles. The Bertz CT molecular complexity index is 281. The second-order valence-electron chi connectivity index (χ2n) is 2.41. The third-order valence-corrected chi connectivity index (χ3v) is 1.28. The van der Waals surface area contributed by atoms with Crippen LogP contribution in [0.15, 0.2) is 6.20 Å². The van der Waals surface area contributed by atoms with Crippen LogP contribution in [-0.4, -0.2) is 31.2 Å². The highest BCUT2D eigenvalue weighted by Gasteiger charge is 2.07. The fourth-order valence-electron chi connectivity index (χ4n) is 0.721. The molecule has 6 nitrogen and oxygen atoms in total. The minimum Gasteiger partial charge on any atom is -0.480 e. The summed E-state index contributed by atoms with van der Waals surface area (Å²) >= 11 is 0. The molecule has 0 unspecified atom stereocenters. The molecule has 0 radical (unpaired) electrons. The molecule has 1 aromatic heterocycles. The Hall–Kier alpha value is -1.43. The summed E-state index contributed by atoms with van der Waals surface area (Å²) in [6.07, 6.45) is 0.686. The van der Waals surface area contributed by atoms with Crippen LogP contribution in [0, 0.1) is 0 Å². The van der Waals surface area contributed by atoms with Gasteiger partial charge < -0.3 is 10.2 Å². The minimum absolute atomic E-state index is 0.236. The molecule has 0 aromatic carbocycles. The summed E-state index contributed by atoms with van der Waals surface area (Å²) in [5.74, 6) is -0.989. The lowest BCUT2D eigenvalue weighted by Gasteiger charge is -1.94. The van der Waals surface area contributed by atoms with Crippen LogP contribution in [0.4, 0.5) is 0 Å². The second-order valence-corrected chi connectivity index (χ2v) is 2.41. The third-order valence-electron chi connectivity index (χ3n) is 1.28. The van der Waals surface area contributed by atoms with Crippen molar-refractivity contribution < 1.29 is 15.0 Å². The van der Waals surface area contributed by atoms with Gasteiger partial charge in [-0.15, -0.1) is 5.10 Å². The SMILES string of the molecule is C[C@@H](O)c1cn(CC(=O)O)nn1. The van der Waals surface area contributed by atoms with E-state index < -0.39 is 12.1 Å². The van der Waals surface area contributed by atoms with Crippen LogP contribution in [0.25, 0.3) is 0 Å². The molecule has 0 bridgehead atoms. The van der Waals surface area contributed by atoms with Crippen molar-refractivity contribution in [3.63, 3.8) is 0 Å². The van der Waals surface area contributed by atoms with Gasteiger partial charge in [0.25, 0.3) is 0 Å². The van der Waals surface area contributed by atoms with E-state index in [4.69, 9.17) is 10.2 Å². The maximum atomic E-state index is 10.2. The van der Waals surface area contributed by atoms with E-state index in [0.29, 0.717) is 5.69 Å². The van der Waals surface area contributed by atoms with Gasteiger partial charge >= 0.3 is 5.97 Å². The lowest BCUT2D eigenvalue weighted by atomic mass is 10.3. The molecule has 0 spiro atoms. The number of aromatic nitrogens is 3. The van der Waals surface area contributed by atoms with Crippen molar-refractivity contribution in [2.45, 2.75) is 19.6 Å². The van der Waals surface area contributed by atoms with E-state index in [1.54, 1.807) is 0 Å². The summed E-state index contributed by atoms with van der Waals surface area (Å²) in [6.45, 7) is 1.30. The number of aliphatic hydroxyl groups is 1. The Balaban J connectivity index is 2.70. The Morgan fingerprint density at radius 2 is 2.50 bits per heavy atom. The topological polar surface area (TPSA) is 88.2 Å². The zero-order chi connectivity index (χ0) is 9.14. The van der Waals surface area contributed by atoms with E-state index in [9.17, 15) is 4.79 Å². The smallest absolute Gasteiger partial charge is 0.325 e. The fourth-order valence-corrected chi connectivity index (χ4v) is 0.721. The standard InChI is InChI=1S/C6H9N3O3/c1-4(10)5-2-9(8-7-5)3-6(11)12/h2,4,10H,3H2,1H3,(H,11,12)/t4-/m1/s1. The summed E-state index contributed by atoms with van der Waals surface area (Å²) in [5.41, 5.74) is 0.372. The number of aliphatic hydroxyl groups excluding tert-OH is 1. The van der Waals surface area contributed by atoms with Gasteiger partial charge in [-0.1, -0.05) is 5.21 Å². The zero-order valence-electron chi connectivity index (χ0n) is 6.51. The third kappa shape index (κ3) is 2.03. The molecule has 0 amide bonds. The van der Waals surface area contributed by atoms with E-state index in [2.05, 4.69) is 10.3 Å². The summed E-state index contributed by atoms with van der Waals surface area (Å²) in [7, 11) is 0. The van der Waals surface area contributed by atoms with Crippen LogP contribution in [0.2, 0.25) is 0 Å². The lowest BCUT2D eigenvalue weighted by Crippen LogP contribution is -2.08. The van der Waals surface area contributed by atoms with Crippen LogP contribution in [0.5, 0.6) is 0 Å². The molecule has 0 fully saturated rings. The molecule has 2 N–H and O–H groups in total. The van der Waals surface area contributed by atoms with E-state index in [-0.39, 0.29) is 6.54 Å². The number of hydrogen-bond donors (Lipinski definition) is 2. The number of nitrogens with zero attached hydrogens (tertiary/aromatic N) is 3. The first-order chi connectivity index (χ1) is 5.59. The van der Waals surface area contributed by atoms with Gasteiger partial charge in [-0.25, -0.2) is 4.68 Å². The first-order valence-electron chi connectivity index (χ1n) is 3.39. The van der Waals surface area contributed by atoms with Crippen LogP contribution in [-0.2, 0) is 11.3 Å². The van der Waals surface area contributed by atoms with Gasteiger partial charge in [-0.05, 0) is 6.92 Å². The van der Waals surface area contributed by atoms with Gasteiger partial charge in [-0.3, -0.25) is 4.79 Å². The first kappa shape index (κ1) is 8.66. The number of carboxylic acid groups (broad SMARTS) is 1. The summed E-state index contributed by atoms with van der Waals surface area (Å²) in [4.78, 5) is 10.2. The maximum absolute atomic E-state index is 10.2. The monoisotopic (exact) mass is 171 g/mol. The van der Waals surface area contributed by atoms with Gasteiger partial charge in [0, 0.05) is 0 Å². The van der Waals surface area contributed by atoms with Gasteiger partial charge in [0.05, 0.1) is 12.3 Å². The van der Waals surface area contributed by atoms with Crippen LogP contribution in [0.1, 0.15) is 18.7 Å². The summed E-state index contributed by atoms with van der Waals surface area (Å²) in [6, 6.07) is 0. The highest BCUT2D eigenvalue weighted by molar-refractivity contribution is 5.66. The van der Waals surface area contributed by atoms with Gasteiger partial charge in [0.15, 0.2) is 0 Å². The van der Waals surface area contributed by atoms with Crippen molar-refractivity contribution >= 4 is 5.97 Å². The number of hydrogen-bond acceptors (Lipinski definition) is 4. The molecular formula is C6H9N3O3. The molecule has 12 heavy (non-hydrogen) atoms. The highest BCUT2D eigenvalue weighted by Crippen LogP contribution is 2.05. The fraction of sp³-hybridized carbons (Fsp3) is 0.500. The largest absolute Gasteiger partial charge is 0.480 e. The lowest BCUT2D eigenvalue weighted by molar-refractivity contribution is -0.137. The first-order valence-corrected chi connectivity index (χ1v) is 3.39. The number of carbonyl (C=O) groups is 1. The molecule has 1 atom stereocenters. The van der Waals surface area contributed by atoms with Crippen LogP contribution < -0.4 is 0 Å². The molecule has 0 saturated carbocycles. The molecular weight excluding hydrogens is 162 g/mol. The normalized spacial score (nSPS) is 12.8. The van der Waals surface area contributed by atoms with Crippen molar-refractivity contribution in [2.24, 2.45) is 0 Å². The van der Waals surface area contributed by atoms with Crippen LogP contribution >= 0.6 is 0 Å². The summed E-state index contributed by atoms with van der Waals surface area (Å²) in [5, 5.41) is 24.4. The molecule has 6 heteroatoms. The summed E-state index contributed by atoms with van der Waals surface area (Å²) < 4.78 is 1.16. The molecule has 0 aliphatic heterocycles. The molecule has 1 rings (SSSR count). The molecule has 0 aliphatic carbocycles. The van der Waals surface area contributed by atoms with Crippen molar-refractivity contribution in [1.29, 1.82) is 0 Å². The molecule has 66 valence electrons. The van der Waals surface area contributed by atoms with E-state index in [0.717, 1.165) is 4.68 Å². The number of rotatable bonds is 3. The Morgan fingerprint density at radius 3 is 2.92 bits per heavy atom. The average Bonchev–Trinajstić information content (AvgIpc) is 2.34. The zero-order valence-corrected chi connectivity index (χ0v) is 6.51. The van der Waals surface area contributed by atoms with E-state index >= 15 is 0 Å². The molecule has 1 aromatic rings. The van der Waals surface area contributed by atoms with Crippen molar-refractivity contribution in [1.82, 2.24) is 15.0 Å². The van der Waals surface area contributed by atoms with Crippen molar-refractivity contribution in [3.8, 4) is 0 Å². The predicted octanol–water partition coefficient (Wildman–Crippen LogP) is -0.584. The average molecular weight is 171 g/mol. The Morgan fingerprint density at radius 1 is 1.83 bits per heavy atom. The molecule has 1 heterocycles. The minimum atomic E-state index is -0.989. The van der Waals surface area contributed by atoms with Crippen molar-refractivity contribution in [2.75, 3.05) is 0 Å². The Kier molecular flexibility index (Phi) is 2.39. The predicted molar refractivity (Wildman–Crippen MR) is 38.3 cm³/mol. The Labute approximate surface area is 68.4 Å². The quantitative estimate of drug-likeness (QED) is 0.635. The number of carboxylic acids is 1. The van der Waals surface area contributed by atoms with E-state index in [1.165, 1.54) is 13.1 Å². The van der Waals surface area contributed by atoms with Crippen molar-refractivity contribution in [3.05, 3.63) is 11.9 Å². The van der Waals surface area contributed by atoms with Gasteiger partial charge in [0.2, 0.25) is 0 Å². The maximum Gasteiger partial charge on any atom is 0.325 e. The highest BCUT2D eigenvalue weighted by atomic mass is 16.4. The van der Waals surface area contributed by atoms with Gasteiger partial charge in [0.1, 0.15) is 12.2 Å². The van der Waals surface area contributed by atoms with Gasteiger partial charge in [-0.2, -0.15) is 0 Å². The second kappa shape index (κ2) is 3.31. The molecule has 0 aliphatic rings. The number of aliphatic carboxylic acids is 1.